The summed E-state index contributed by atoms with van der Waals surface area (Å²) in [4.78, 5) is 20.3. The van der Waals surface area contributed by atoms with Gasteiger partial charge in [0.25, 0.3) is 5.56 Å². The smallest absolute Gasteiger partial charge is 0.259 e. The van der Waals surface area contributed by atoms with E-state index >= 15 is 0 Å². The van der Waals surface area contributed by atoms with Gasteiger partial charge in [-0.1, -0.05) is 0 Å². The Hall–Kier alpha value is -1.20. The van der Waals surface area contributed by atoms with Crippen molar-refractivity contribution in [2.24, 2.45) is 0 Å². The van der Waals surface area contributed by atoms with Gasteiger partial charge in [0.1, 0.15) is 10.7 Å². The molecule has 0 amide bonds. The number of hydrogen-bond acceptors (Lipinski definition) is 4. The number of aromatic amines is 1. The molecule has 1 aliphatic rings. The van der Waals surface area contributed by atoms with Crippen molar-refractivity contribution in [3.63, 3.8) is 0 Å². The van der Waals surface area contributed by atoms with E-state index in [9.17, 15) is 4.79 Å². The Morgan fingerprint density at radius 1 is 1.59 bits per heavy atom. The molecule has 0 unspecified atom stereocenters. The molecule has 0 bridgehead atoms. The lowest BCUT2D eigenvalue weighted by Gasteiger charge is -2.00. The SMILES string of the molecule is COCCc1nc2scc(C3CC3)c2c(=O)[nH]1. The standard InChI is InChI=1S/C12H14N2O2S/c1-16-5-4-9-13-11(15)10-8(7-2-3-7)6-17-12(10)14-9/h6-7H,2-5H2,1H3,(H,13,14,15). The topological polar surface area (TPSA) is 55.0 Å². The molecular weight excluding hydrogens is 236 g/mol. The molecule has 0 saturated heterocycles. The Balaban J connectivity index is 2.05. The quantitative estimate of drug-likeness (QED) is 0.903. The lowest BCUT2D eigenvalue weighted by molar-refractivity contribution is 0.200. The molecule has 90 valence electrons. The first-order valence-corrected chi connectivity index (χ1v) is 6.67. The molecule has 0 aliphatic heterocycles. The number of thiophene rings is 1. The van der Waals surface area contributed by atoms with Crippen LogP contribution >= 0.6 is 11.3 Å². The zero-order valence-electron chi connectivity index (χ0n) is 9.66. The van der Waals surface area contributed by atoms with Crippen LogP contribution in [0.4, 0.5) is 0 Å². The van der Waals surface area contributed by atoms with Crippen molar-refractivity contribution in [2.45, 2.75) is 25.2 Å². The summed E-state index contributed by atoms with van der Waals surface area (Å²) in [6.07, 6.45) is 3.06. The van der Waals surface area contributed by atoms with E-state index in [2.05, 4.69) is 15.3 Å². The molecule has 17 heavy (non-hydrogen) atoms. The van der Waals surface area contributed by atoms with E-state index in [1.807, 2.05) is 0 Å². The van der Waals surface area contributed by atoms with Crippen molar-refractivity contribution < 1.29 is 4.74 Å². The monoisotopic (exact) mass is 250 g/mol. The molecule has 3 rings (SSSR count). The largest absolute Gasteiger partial charge is 0.384 e. The van der Waals surface area contributed by atoms with Crippen LogP contribution in [-0.2, 0) is 11.2 Å². The van der Waals surface area contributed by atoms with Gasteiger partial charge >= 0.3 is 0 Å². The first kappa shape index (κ1) is 10.9. The predicted molar refractivity (Wildman–Crippen MR) is 67.8 cm³/mol. The van der Waals surface area contributed by atoms with E-state index in [1.54, 1.807) is 18.4 Å². The second-order valence-corrected chi connectivity index (χ2v) is 5.26. The molecule has 1 saturated carbocycles. The maximum Gasteiger partial charge on any atom is 0.259 e. The molecule has 2 aromatic rings. The molecule has 0 spiro atoms. The van der Waals surface area contributed by atoms with Crippen LogP contribution in [-0.4, -0.2) is 23.7 Å². The number of methoxy groups -OCH3 is 1. The van der Waals surface area contributed by atoms with Crippen LogP contribution in [0, 0.1) is 0 Å². The second kappa shape index (κ2) is 4.23. The average molecular weight is 250 g/mol. The average Bonchev–Trinajstić information content (AvgIpc) is 3.07. The third-order valence-corrected chi connectivity index (χ3v) is 3.97. The fourth-order valence-electron chi connectivity index (χ4n) is 2.03. The number of H-pyrrole nitrogens is 1. The number of aromatic nitrogens is 2. The van der Waals surface area contributed by atoms with Gasteiger partial charge in [0.05, 0.1) is 12.0 Å². The summed E-state index contributed by atoms with van der Waals surface area (Å²) in [5, 5.41) is 2.89. The van der Waals surface area contributed by atoms with Gasteiger partial charge in [-0.25, -0.2) is 4.98 Å². The zero-order valence-corrected chi connectivity index (χ0v) is 10.5. The number of ether oxygens (including phenoxy) is 1. The van der Waals surface area contributed by atoms with Gasteiger partial charge in [-0.3, -0.25) is 4.79 Å². The normalized spacial score (nSPS) is 15.6. The van der Waals surface area contributed by atoms with E-state index in [4.69, 9.17) is 4.74 Å². The van der Waals surface area contributed by atoms with Crippen LogP contribution in [0.5, 0.6) is 0 Å². The molecule has 5 heteroatoms. The minimum atomic E-state index is 0.00394. The molecule has 2 heterocycles. The molecule has 1 aliphatic carbocycles. The lowest BCUT2D eigenvalue weighted by atomic mass is 10.1. The fourth-order valence-corrected chi connectivity index (χ4v) is 3.07. The van der Waals surface area contributed by atoms with E-state index in [1.165, 1.54) is 18.4 Å². The van der Waals surface area contributed by atoms with Gasteiger partial charge in [0.2, 0.25) is 0 Å². The maximum atomic E-state index is 12.0. The highest BCUT2D eigenvalue weighted by Gasteiger charge is 2.27. The van der Waals surface area contributed by atoms with Gasteiger partial charge in [0, 0.05) is 13.5 Å². The van der Waals surface area contributed by atoms with E-state index in [0.29, 0.717) is 24.8 Å². The Morgan fingerprint density at radius 3 is 3.12 bits per heavy atom. The zero-order chi connectivity index (χ0) is 11.8. The Bertz CT molecular complexity index is 598. The molecule has 2 aromatic heterocycles. The van der Waals surface area contributed by atoms with Crippen LogP contribution in [0.15, 0.2) is 10.2 Å². The van der Waals surface area contributed by atoms with Crippen molar-refractivity contribution >= 4 is 21.6 Å². The third-order valence-electron chi connectivity index (χ3n) is 3.08. The highest BCUT2D eigenvalue weighted by Crippen LogP contribution is 2.43. The molecule has 0 atom stereocenters. The predicted octanol–water partition coefficient (Wildman–Crippen LogP) is 2.05. The summed E-state index contributed by atoms with van der Waals surface area (Å²) in [5.74, 6) is 1.31. The summed E-state index contributed by atoms with van der Waals surface area (Å²) in [6, 6.07) is 0. The van der Waals surface area contributed by atoms with E-state index < -0.39 is 0 Å². The second-order valence-electron chi connectivity index (χ2n) is 4.40. The molecule has 0 radical (unpaired) electrons. The van der Waals surface area contributed by atoms with Crippen molar-refractivity contribution in [1.82, 2.24) is 9.97 Å². The van der Waals surface area contributed by atoms with Gasteiger partial charge in [-0.2, -0.15) is 0 Å². The van der Waals surface area contributed by atoms with Gasteiger partial charge in [0.15, 0.2) is 0 Å². The van der Waals surface area contributed by atoms with E-state index in [0.717, 1.165) is 10.2 Å². The number of nitrogens with zero attached hydrogens (tertiary/aromatic N) is 1. The lowest BCUT2D eigenvalue weighted by Crippen LogP contribution is -2.13. The molecule has 1 N–H and O–H groups in total. The Morgan fingerprint density at radius 2 is 2.41 bits per heavy atom. The number of hydrogen-bond donors (Lipinski definition) is 1. The molecule has 1 fully saturated rings. The van der Waals surface area contributed by atoms with Crippen LogP contribution < -0.4 is 5.56 Å². The van der Waals surface area contributed by atoms with Crippen LogP contribution in [0.1, 0.15) is 30.1 Å². The summed E-state index contributed by atoms with van der Waals surface area (Å²) in [5.41, 5.74) is 1.20. The number of nitrogens with one attached hydrogen (secondary N) is 1. The summed E-state index contributed by atoms with van der Waals surface area (Å²) >= 11 is 1.57. The van der Waals surface area contributed by atoms with Crippen LogP contribution in [0.25, 0.3) is 10.2 Å². The van der Waals surface area contributed by atoms with Crippen molar-refractivity contribution in [3.8, 4) is 0 Å². The van der Waals surface area contributed by atoms with Crippen molar-refractivity contribution in [1.29, 1.82) is 0 Å². The number of rotatable bonds is 4. The Kier molecular flexibility index (Phi) is 2.72. The van der Waals surface area contributed by atoms with Gasteiger partial charge in [-0.15, -0.1) is 11.3 Å². The van der Waals surface area contributed by atoms with Gasteiger partial charge < -0.3 is 9.72 Å². The highest BCUT2D eigenvalue weighted by atomic mass is 32.1. The summed E-state index contributed by atoms with van der Waals surface area (Å²) < 4.78 is 4.99. The highest BCUT2D eigenvalue weighted by molar-refractivity contribution is 7.16. The minimum absolute atomic E-state index is 0.00394. The first-order valence-electron chi connectivity index (χ1n) is 5.79. The summed E-state index contributed by atoms with van der Waals surface area (Å²) in [6.45, 7) is 0.579. The third kappa shape index (κ3) is 2.00. The van der Waals surface area contributed by atoms with Gasteiger partial charge in [-0.05, 0) is 29.7 Å². The summed E-state index contributed by atoms with van der Waals surface area (Å²) in [7, 11) is 1.65. The fraction of sp³-hybridized carbons (Fsp3) is 0.500. The minimum Gasteiger partial charge on any atom is -0.384 e. The van der Waals surface area contributed by atoms with Crippen LogP contribution in [0.2, 0.25) is 0 Å². The van der Waals surface area contributed by atoms with Crippen molar-refractivity contribution in [3.05, 3.63) is 27.1 Å². The van der Waals surface area contributed by atoms with Crippen molar-refractivity contribution in [2.75, 3.05) is 13.7 Å². The first-order chi connectivity index (χ1) is 8.29. The number of fused-ring (bicyclic) bond motifs is 1. The Labute approximate surface area is 103 Å². The van der Waals surface area contributed by atoms with E-state index in [-0.39, 0.29) is 5.56 Å². The molecule has 0 aromatic carbocycles. The van der Waals surface area contributed by atoms with Crippen LogP contribution in [0.3, 0.4) is 0 Å². The molecule has 4 nitrogen and oxygen atoms in total. The molecular formula is C12H14N2O2S. The maximum absolute atomic E-state index is 12.0.